The third kappa shape index (κ3) is 3.90. The zero-order valence-electron chi connectivity index (χ0n) is 11.7. The monoisotopic (exact) mass is 272 g/mol. The number of nitroso groups, excluding NO2 is 1. The number of nitrogens with one attached hydrogen (secondary N) is 1. The fourth-order valence-electron chi connectivity index (χ4n) is 2.01. The third-order valence-electron chi connectivity index (χ3n) is 2.95. The van der Waals surface area contributed by atoms with Crippen LogP contribution in [0.2, 0.25) is 0 Å². The Morgan fingerprint density at radius 3 is 2.53 bits per heavy atom. The quantitative estimate of drug-likeness (QED) is 0.606. The smallest absolute Gasteiger partial charge is 0.408 e. The van der Waals surface area contributed by atoms with E-state index in [0.717, 1.165) is 0 Å². The maximum Gasteiger partial charge on any atom is 0.408 e. The maximum absolute atomic E-state index is 11.8. The van der Waals surface area contributed by atoms with Crippen LogP contribution in [0.5, 0.6) is 0 Å². The Bertz CT molecular complexity index is 377. The van der Waals surface area contributed by atoms with Gasteiger partial charge in [0, 0.05) is 0 Å². The molecule has 2 atom stereocenters. The van der Waals surface area contributed by atoms with E-state index < -0.39 is 23.2 Å². The molecule has 1 N–H and O–H groups in total. The molecule has 108 valence electrons. The summed E-state index contributed by atoms with van der Waals surface area (Å²) in [5.41, 5.74) is -1.71. The number of nitrogens with zero attached hydrogens (tertiary/aromatic N) is 1. The first-order valence-electron chi connectivity index (χ1n) is 6.14. The number of alkyl carbamates (subject to hydrolysis) is 1. The van der Waals surface area contributed by atoms with E-state index in [1.165, 1.54) is 7.11 Å². The second-order valence-electron chi connectivity index (χ2n) is 5.63. The van der Waals surface area contributed by atoms with E-state index in [1.54, 1.807) is 20.8 Å². The molecule has 0 saturated heterocycles. The van der Waals surface area contributed by atoms with Crippen LogP contribution in [0.1, 0.15) is 33.6 Å². The molecule has 0 radical (unpaired) electrons. The molecular formula is C12H20N2O5. The Balaban J connectivity index is 2.66. The second-order valence-corrected chi connectivity index (χ2v) is 5.63. The summed E-state index contributed by atoms with van der Waals surface area (Å²) in [6.07, 6.45) is 0.211. The number of methoxy groups -OCH3 is 1. The first kappa shape index (κ1) is 15.4. The van der Waals surface area contributed by atoms with Crippen LogP contribution in [0.3, 0.4) is 0 Å². The standard InChI is InChI=1S/C12H20N2O5/c1-11(2,3)19-10(16)14-12(9(15)18-4)7-8(12)5-6-13-17/h8H,5-7H2,1-4H3,(H,14,16). The average molecular weight is 272 g/mol. The van der Waals surface area contributed by atoms with Gasteiger partial charge in [-0.3, -0.25) is 0 Å². The third-order valence-corrected chi connectivity index (χ3v) is 2.95. The van der Waals surface area contributed by atoms with Crippen LogP contribution in [-0.4, -0.2) is 36.9 Å². The van der Waals surface area contributed by atoms with Crippen LogP contribution in [0.4, 0.5) is 4.79 Å². The Morgan fingerprint density at radius 2 is 2.05 bits per heavy atom. The Morgan fingerprint density at radius 1 is 1.42 bits per heavy atom. The highest BCUT2D eigenvalue weighted by Gasteiger charge is 2.62. The van der Waals surface area contributed by atoms with Crippen LogP contribution in [-0.2, 0) is 14.3 Å². The number of amides is 1. The fourth-order valence-corrected chi connectivity index (χ4v) is 2.01. The summed E-state index contributed by atoms with van der Waals surface area (Å²) < 4.78 is 9.82. The lowest BCUT2D eigenvalue weighted by atomic mass is 10.1. The highest BCUT2D eigenvalue weighted by Crippen LogP contribution is 2.47. The molecule has 1 saturated carbocycles. The molecule has 1 rings (SSSR count). The van der Waals surface area contributed by atoms with Gasteiger partial charge in [0.25, 0.3) is 0 Å². The molecule has 0 spiro atoms. The minimum Gasteiger partial charge on any atom is -0.467 e. The van der Waals surface area contributed by atoms with Gasteiger partial charge >= 0.3 is 12.1 Å². The molecule has 1 aliphatic carbocycles. The van der Waals surface area contributed by atoms with Crippen molar-refractivity contribution in [3.63, 3.8) is 0 Å². The fraction of sp³-hybridized carbons (Fsp3) is 0.833. The number of carbonyl (C=O) groups excluding carboxylic acids is 2. The number of hydrogen-bond acceptors (Lipinski definition) is 6. The Labute approximate surface area is 112 Å². The van der Waals surface area contributed by atoms with Crippen LogP contribution in [0.15, 0.2) is 5.18 Å². The van der Waals surface area contributed by atoms with Gasteiger partial charge in [-0.15, -0.1) is 0 Å². The van der Waals surface area contributed by atoms with E-state index in [1.807, 2.05) is 0 Å². The minimum atomic E-state index is -1.07. The molecule has 0 aromatic carbocycles. The Hall–Kier alpha value is -1.66. The van der Waals surface area contributed by atoms with E-state index in [0.29, 0.717) is 12.8 Å². The number of ether oxygens (including phenoxy) is 2. The zero-order valence-corrected chi connectivity index (χ0v) is 11.7. The molecule has 0 aliphatic heterocycles. The van der Waals surface area contributed by atoms with Gasteiger partial charge in [0.15, 0.2) is 0 Å². The topological polar surface area (TPSA) is 94.1 Å². The summed E-state index contributed by atoms with van der Waals surface area (Å²) in [4.78, 5) is 33.6. The van der Waals surface area contributed by atoms with Gasteiger partial charge < -0.3 is 14.8 Å². The van der Waals surface area contributed by atoms with Crippen molar-refractivity contribution in [3.8, 4) is 0 Å². The Kier molecular flexibility index (Phi) is 4.49. The SMILES string of the molecule is COC(=O)C1(NC(=O)OC(C)(C)C)CC1CCN=O. The highest BCUT2D eigenvalue weighted by molar-refractivity contribution is 5.89. The number of carbonyl (C=O) groups is 2. The van der Waals surface area contributed by atoms with Gasteiger partial charge in [0.2, 0.25) is 0 Å². The summed E-state index contributed by atoms with van der Waals surface area (Å²) in [6.45, 7) is 5.31. The lowest BCUT2D eigenvalue weighted by molar-refractivity contribution is -0.144. The van der Waals surface area contributed by atoms with E-state index in [2.05, 4.69) is 10.5 Å². The maximum atomic E-state index is 11.8. The van der Waals surface area contributed by atoms with Crippen LogP contribution < -0.4 is 5.32 Å². The van der Waals surface area contributed by atoms with Crippen molar-refractivity contribution in [2.24, 2.45) is 11.1 Å². The first-order chi connectivity index (χ1) is 8.75. The van der Waals surface area contributed by atoms with Gasteiger partial charge in [-0.05, 0) is 39.5 Å². The molecule has 7 heteroatoms. The van der Waals surface area contributed by atoms with Crippen LogP contribution in [0.25, 0.3) is 0 Å². The number of esters is 1. The van der Waals surface area contributed by atoms with Gasteiger partial charge in [-0.1, -0.05) is 5.18 Å². The van der Waals surface area contributed by atoms with Crippen molar-refractivity contribution in [1.29, 1.82) is 0 Å². The van der Waals surface area contributed by atoms with Crippen molar-refractivity contribution in [2.75, 3.05) is 13.7 Å². The lowest BCUT2D eigenvalue weighted by Gasteiger charge is -2.23. The van der Waals surface area contributed by atoms with Crippen molar-refractivity contribution in [3.05, 3.63) is 4.91 Å². The van der Waals surface area contributed by atoms with Crippen molar-refractivity contribution < 1.29 is 19.1 Å². The summed E-state index contributed by atoms with van der Waals surface area (Å²) in [5.74, 6) is -0.653. The van der Waals surface area contributed by atoms with Crippen molar-refractivity contribution in [2.45, 2.75) is 44.8 Å². The van der Waals surface area contributed by atoms with Crippen LogP contribution >= 0.6 is 0 Å². The molecule has 19 heavy (non-hydrogen) atoms. The predicted octanol–water partition coefficient (Wildman–Crippen LogP) is 1.60. The van der Waals surface area contributed by atoms with E-state index in [9.17, 15) is 14.5 Å². The molecule has 7 nitrogen and oxygen atoms in total. The molecule has 0 bridgehead atoms. The normalized spacial score (nSPS) is 25.4. The van der Waals surface area contributed by atoms with Crippen molar-refractivity contribution >= 4 is 12.1 Å². The zero-order chi connectivity index (χ0) is 14.7. The number of rotatable bonds is 5. The first-order valence-corrected chi connectivity index (χ1v) is 6.14. The van der Waals surface area contributed by atoms with Gasteiger partial charge in [-0.2, -0.15) is 4.91 Å². The summed E-state index contributed by atoms with van der Waals surface area (Å²) in [7, 11) is 1.26. The minimum absolute atomic E-state index is 0.111. The van der Waals surface area contributed by atoms with Crippen molar-refractivity contribution in [1.82, 2.24) is 5.32 Å². The summed E-state index contributed by atoms with van der Waals surface area (Å²) in [6, 6.07) is 0. The molecule has 1 fully saturated rings. The van der Waals surface area contributed by atoms with E-state index in [-0.39, 0.29) is 12.5 Å². The molecule has 2 unspecified atom stereocenters. The van der Waals surface area contributed by atoms with Gasteiger partial charge in [0.1, 0.15) is 11.1 Å². The molecule has 1 amide bonds. The van der Waals surface area contributed by atoms with Gasteiger partial charge in [0.05, 0.1) is 13.7 Å². The summed E-state index contributed by atoms with van der Waals surface area (Å²) in [5, 5.41) is 5.31. The molecule has 0 aromatic heterocycles. The van der Waals surface area contributed by atoms with Gasteiger partial charge in [-0.25, -0.2) is 9.59 Å². The lowest BCUT2D eigenvalue weighted by Crippen LogP contribution is -2.47. The number of hydrogen-bond donors (Lipinski definition) is 1. The average Bonchev–Trinajstić information content (AvgIpc) is 2.97. The molecule has 0 heterocycles. The van der Waals surface area contributed by atoms with Crippen LogP contribution in [0, 0.1) is 10.8 Å². The largest absolute Gasteiger partial charge is 0.467 e. The van der Waals surface area contributed by atoms with E-state index >= 15 is 0 Å². The highest BCUT2D eigenvalue weighted by atomic mass is 16.6. The van der Waals surface area contributed by atoms with E-state index in [4.69, 9.17) is 9.47 Å². The summed E-state index contributed by atoms with van der Waals surface area (Å²) >= 11 is 0. The molecule has 0 aromatic rings. The molecular weight excluding hydrogens is 252 g/mol. The predicted molar refractivity (Wildman–Crippen MR) is 67.5 cm³/mol. The second kappa shape index (κ2) is 5.54. The molecule has 1 aliphatic rings.